The van der Waals surface area contributed by atoms with E-state index < -0.39 is 6.10 Å². The number of rotatable bonds is 6. The van der Waals surface area contributed by atoms with Crippen molar-refractivity contribution in [1.82, 2.24) is 0 Å². The monoisotopic (exact) mass is 436 g/mol. The van der Waals surface area contributed by atoms with Gasteiger partial charge in [0.2, 0.25) is 0 Å². The highest BCUT2D eigenvalue weighted by Crippen LogP contribution is 2.51. The van der Waals surface area contributed by atoms with E-state index in [4.69, 9.17) is 14.2 Å². The molecule has 1 heterocycles. The van der Waals surface area contributed by atoms with Gasteiger partial charge in [0.05, 0.1) is 26.7 Å². The standard InChI is InChI=1S/C25H24O7/c1-30-22-11-16(5-6-21(22)29)24-20(13-26)19-9-15(10-23(31-2)25(19)32-24)4-3-14-7-17(27)12-18(28)8-14/h3-12,20,24,26-29H,13H2,1-2H3/b4-3+/t20-,24+/m0/s1. The Morgan fingerprint density at radius 1 is 0.844 bits per heavy atom. The number of aromatic hydroxyl groups is 3. The van der Waals surface area contributed by atoms with Crippen LogP contribution in [0.4, 0.5) is 0 Å². The Bertz CT molecular complexity index is 1150. The van der Waals surface area contributed by atoms with Gasteiger partial charge in [-0.3, -0.25) is 0 Å². The van der Waals surface area contributed by atoms with Gasteiger partial charge in [0.25, 0.3) is 0 Å². The second-order valence-corrected chi connectivity index (χ2v) is 7.52. The van der Waals surface area contributed by atoms with Gasteiger partial charge >= 0.3 is 0 Å². The Kier molecular flexibility index (Phi) is 5.83. The number of aliphatic hydroxyl groups excluding tert-OH is 1. The van der Waals surface area contributed by atoms with Crippen LogP contribution in [0.5, 0.6) is 34.5 Å². The molecule has 0 radical (unpaired) electrons. The Morgan fingerprint density at radius 2 is 1.50 bits per heavy atom. The van der Waals surface area contributed by atoms with Gasteiger partial charge in [-0.05, 0) is 53.1 Å². The molecule has 3 aromatic carbocycles. The molecule has 3 aromatic rings. The van der Waals surface area contributed by atoms with Crippen LogP contribution < -0.4 is 14.2 Å². The van der Waals surface area contributed by atoms with Crippen LogP contribution in [0, 0.1) is 0 Å². The number of benzene rings is 3. The summed E-state index contributed by atoms with van der Waals surface area (Å²) in [5.41, 5.74) is 2.98. The van der Waals surface area contributed by atoms with Gasteiger partial charge in [0.15, 0.2) is 23.0 Å². The van der Waals surface area contributed by atoms with Crippen LogP contribution in [-0.4, -0.2) is 41.3 Å². The highest BCUT2D eigenvalue weighted by molar-refractivity contribution is 5.73. The molecule has 7 heteroatoms. The molecular formula is C25H24O7. The molecule has 2 atom stereocenters. The van der Waals surface area contributed by atoms with Crippen molar-refractivity contribution in [3.8, 4) is 34.5 Å². The van der Waals surface area contributed by atoms with Crippen LogP contribution in [0.2, 0.25) is 0 Å². The smallest absolute Gasteiger partial charge is 0.165 e. The number of phenols is 3. The molecule has 0 saturated heterocycles. The minimum atomic E-state index is -0.486. The molecule has 0 spiro atoms. The second kappa shape index (κ2) is 8.72. The predicted octanol–water partition coefficient (Wildman–Crippen LogP) is 4.20. The number of hydrogen-bond donors (Lipinski definition) is 4. The van der Waals surface area contributed by atoms with Gasteiger partial charge in [0, 0.05) is 11.6 Å². The van der Waals surface area contributed by atoms with Gasteiger partial charge in [-0.25, -0.2) is 0 Å². The molecule has 0 aromatic heterocycles. The van der Waals surface area contributed by atoms with E-state index >= 15 is 0 Å². The van der Waals surface area contributed by atoms with Gasteiger partial charge in [-0.2, -0.15) is 0 Å². The third kappa shape index (κ3) is 4.02. The number of fused-ring (bicyclic) bond motifs is 1. The third-order valence-electron chi connectivity index (χ3n) is 5.46. The summed E-state index contributed by atoms with van der Waals surface area (Å²) < 4.78 is 16.9. The Morgan fingerprint density at radius 3 is 2.12 bits per heavy atom. The fourth-order valence-corrected chi connectivity index (χ4v) is 3.94. The molecule has 4 N–H and O–H groups in total. The van der Waals surface area contributed by atoms with Crippen LogP contribution in [-0.2, 0) is 0 Å². The Balaban J connectivity index is 1.71. The lowest BCUT2D eigenvalue weighted by molar-refractivity contribution is 0.157. The fourth-order valence-electron chi connectivity index (χ4n) is 3.94. The highest BCUT2D eigenvalue weighted by Gasteiger charge is 2.37. The number of aliphatic hydroxyl groups is 1. The van der Waals surface area contributed by atoms with E-state index in [0.717, 1.165) is 16.7 Å². The topological polar surface area (TPSA) is 109 Å². The molecule has 166 valence electrons. The summed E-state index contributed by atoms with van der Waals surface area (Å²) in [6, 6.07) is 13.0. The van der Waals surface area contributed by atoms with Crippen molar-refractivity contribution in [3.63, 3.8) is 0 Å². The molecule has 7 nitrogen and oxygen atoms in total. The summed E-state index contributed by atoms with van der Waals surface area (Å²) in [7, 11) is 3.02. The van der Waals surface area contributed by atoms with Crippen molar-refractivity contribution < 1.29 is 34.6 Å². The molecular weight excluding hydrogens is 412 g/mol. The first kappa shape index (κ1) is 21.4. The maximum absolute atomic E-state index is 10.2. The first-order valence-corrected chi connectivity index (χ1v) is 10.0. The average molecular weight is 436 g/mol. The van der Waals surface area contributed by atoms with Gasteiger partial charge in [-0.1, -0.05) is 18.2 Å². The molecule has 4 rings (SSSR count). The zero-order chi connectivity index (χ0) is 22.8. The molecule has 0 saturated carbocycles. The quantitative estimate of drug-likeness (QED) is 0.429. The number of ether oxygens (including phenoxy) is 3. The zero-order valence-corrected chi connectivity index (χ0v) is 17.6. The number of methoxy groups -OCH3 is 2. The molecule has 0 bridgehead atoms. The van der Waals surface area contributed by atoms with Crippen LogP contribution in [0.1, 0.15) is 34.3 Å². The Labute approximate surface area is 185 Å². The molecule has 1 aliphatic rings. The van der Waals surface area contributed by atoms with Crippen molar-refractivity contribution in [2.24, 2.45) is 0 Å². The zero-order valence-electron chi connectivity index (χ0n) is 17.6. The lowest BCUT2D eigenvalue weighted by Gasteiger charge is -2.18. The normalized spacial score (nSPS) is 17.2. The van der Waals surface area contributed by atoms with Crippen molar-refractivity contribution >= 4 is 12.2 Å². The maximum atomic E-state index is 10.2. The van der Waals surface area contributed by atoms with E-state index in [2.05, 4.69) is 0 Å². The molecule has 0 unspecified atom stereocenters. The molecule has 32 heavy (non-hydrogen) atoms. The van der Waals surface area contributed by atoms with Crippen molar-refractivity contribution in [1.29, 1.82) is 0 Å². The van der Waals surface area contributed by atoms with E-state index in [1.807, 2.05) is 18.2 Å². The fraction of sp³-hybridized carbons (Fsp3) is 0.200. The number of phenolic OH excluding ortho intramolecular Hbond substituents is 3. The van der Waals surface area contributed by atoms with Gasteiger partial charge in [-0.15, -0.1) is 0 Å². The molecule has 0 fully saturated rings. The van der Waals surface area contributed by atoms with Crippen LogP contribution >= 0.6 is 0 Å². The summed E-state index contributed by atoms with van der Waals surface area (Å²) in [5.74, 6) is 1.00. The first-order valence-electron chi connectivity index (χ1n) is 10.0. The van der Waals surface area contributed by atoms with Crippen molar-refractivity contribution in [2.75, 3.05) is 20.8 Å². The molecule has 0 aliphatic carbocycles. The second-order valence-electron chi connectivity index (χ2n) is 7.52. The maximum Gasteiger partial charge on any atom is 0.165 e. The summed E-state index contributed by atoms with van der Waals surface area (Å²) in [6.07, 6.45) is 3.09. The lowest BCUT2D eigenvalue weighted by atomic mass is 9.90. The van der Waals surface area contributed by atoms with E-state index in [1.54, 1.807) is 25.3 Å². The highest BCUT2D eigenvalue weighted by atomic mass is 16.5. The van der Waals surface area contributed by atoms with Crippen LogP contribution in [0.3, 0.4) is 0 Å². The van der Waals surface area contributed by atoms with E-state index in [0.29, 0.717) is 22.8 Å². The summed E-state index contributed by atoms with van der Waals surface area (Å²) in [6.45, 7) is -0.155. The minimum Gasteiger partial charge on any atom is -0.508 e. The molecule has 1 aliphatic heterocycles. The number of hydrogen-bond acceptors (Lipinski definition) is 7. The summed E-state index contributed by atoms with van der Waals surface area (Å²) in [5, 5.41) is 39.4. The van der Waals surface area contributed by atoms with E-state index in [9.17, 15) is 20.4 Å². The lowest BCUT2D eigenvalue weighted by Crippen LogP contribution is -2.13. The molecule has 0 amide bonds. The summed E-state index contributed by atoms with van der Waals surface area (Å²) in [4.78, 5) is 0. The summed E-state index contributed by atoms with van der Waals surface area (Å²) >= 11 is 0. The predicted molar refractivity (Wildman–Crippen MR) is 120 cm³/mol. The average Bonchev–Trinajstić information content (AvgIpc) is 3.15. The van der Waals surface area contributed by atoms with E-state index in [1.165, 1.54) is 31.4 Å². The van der Waals surface area contributed by atoms with Gasteiger partial charge in [0.1, 0.15) is 17.6 Å². The van der Waals surface area contributed by atoms with Gasteiger partial charge < -0.3 is 34.6 Å². The largest absolute Gasteiger partial charge is 0.508 e. The van der Waals surface area contributed by atoms with Crippen LogP contribution in [0.15, 0.2) is 48.5 Å². The Hall–Kier alpha value is -3.84. The van der Waals surface area contributed by atoms with Crippen LogP contribution in [0.25, 0.3) is 12.2 Å². The van der Waals surface area contributed by atoms with Crippen molar-refractivity contribution in [3.05, 3.63) is 70.8 Å². The minimum absolute atomic E-state index is 0.0234. The third-order valence-corrected chi connectivity index (χ3v) is 5.46. The van der Waals surface area contributed by atoms with Crippen molar-refractivity contribution in [2.45, 2.75) is 12.0 Å². The van der Waals surface area contributed by atoms with E-state index in [-0.39, 0.29) is 29.8 Å². The SMILES string of the molecule is COc1cc([C@H]2Oc3c(OC)cc(/C=C/c4cc(O)cc(O)c4)cc3[C@@H]2CO)ccc1O. The first-order chi connectivity index (χ1) is 15.4.